The highest BCUT2D eigenvalue weighted by Gasteiger charge is 2.45. The summed E-state index contributed by atoms with van der Waals surface area (Å²) in [5.74, 6) is -1.77. The largest absolute Gasteiger partial charge is 0.471 e. The first-order valence-corrected chi connectivity index (χ1v) is 5.30. The predicted octanol–water partition coefficient (Wildman–Crippen LogP) is 1.93. The molecule has 1 aliphatic rings. The molecule has 2 heterocycles. The highest BCUT2D eigenvalue weighted by atomic mass is 32.1. The molecule has 1 aromatic heterocycles. The molecule has 16 heavy (non-hydrogen) atoms. The van der Waals surface area contributed by atoms with Crippen LogP contribution in [-0.4, -0.2) is 35.1 Å². The zero-order valence-electron chi connectivity index (χ0n) is 7.99. The molecule has 1 amide bonds. The Balaban J connectivity index is 1.94. The molecule has 1 aromatic rings. The van der Waals surface area contributed by atoms with E-state index in [2.05, 4.69) is 4.98 Å². The highest BCUT2D eigenvalue weighted by molar-refractivity contribution is 7.10. The van der Waals surface area contributed by atoms with E-state index in [0.717, 1.165) is 15.5 Å². The van der Waals surface area contributed by atoms with Gasteiger partial charge in [-0.05, 0) is 11.6 Å². The van der Waals surface area contributed by atoms with Crippen molar-refractivity contribution >= 4 is 23.3 Å². The lowest BCUT2D eigenvalue weighted by atomic mass is 10.1. The summed E-state index contributed by atoms with van der Waals surface area (Å²) in [6.45, 7) is 0.0792. The number of aromatic nitrogens is 1. The van der Waals surface area contributed by atoms with Crippen LogP contribution >= 0.6 is 11.3 Å². The number of halogens is 3. The number of hydrogen-bond acceptors (Lipinski definition) is 3. The van der Waals surface area contributed by atoms with Gasteiger partial charge in [0, 0.05) is 24.7 Å². The molecule has 0 aliphatic carbocycles. The molecular weight excluding hydrogens is 241 g/mol. The lowest BCUT2D eigenvalue weighted by Gasteiger charge is -2.34. The maximum Gasteiger partial charge on any atom is 0.471 e. The van der Waals surface area contributed by atoms with Crippen molar-refractivity contribution < 1.29 is 18.0 Å². The van der Waals surface area contributed by atoms with E-state index >= 15 is 0 Å². The van der Waals surface area contributed by atoms with E-state index in [0.29, 0.717) is 0 Å². The summed E-state index contributed by atoms with van der Waals surface area (Å²) in [6.07, 6.45) is -1.44. The maximum atomic E-state index is 12.0. The Bertz CT molecular complexity index is 416. The normalized spacial score (nSPS) is 15.9. The van der Waals surface area contributed by atoms with E-state index in [-0.39, 0.29) is 13.1 Å². The molecule has 0 aromatic carbocycles. The quantitative estimate of drug-likeness (QED) is 0.760. The second kappa shape index (κ2) is 3.89. The fourth-order valence-electron chi connectivity index (χ4n) is 1.34. The number of nitrogens with zero attached hydrogens (tertiary/aromatic N) is 2. The van der Waals surface area contributed by atoms with E-state index in [1.165, 1.54) is 11.3 Å². The van der Waals surface area contributed by atoms with Crippen LogP contribution in [0.5, 0.6) is 0 Å². The summed E-state index contributed by atoms with van der Waals surface area (Å²) in [5.41, 5.74) is 0.785. The number of rotatable bonds is 1. The molecule has 2 rings (SSSR count). The average Bonchev–Trinajstić information content (AvgIpc) is 2.60. The van der Waals surface area contributed by atoms with Crippen LogP contribution < -0.4 is 0 Å². The van der Waals surface area contributed by atoms with Crippen molar-refractivity contribution in [1.82, 2.24) is 9.88 Å². The van der Waals surface area contributed by atoms with Crippen LogP contribution in [0.4, 0.5) is 13.2 Å². The van der Waals surface area contributed by atoms with E-state index in [1.807, 2.05) is 0 Å². The summed E-state index contributed by atoms with van der Waals surface area (Å²) in [7, 11) is 0. The van der Waals surface area contributed by atoms with Crippen LogP contribution in [-0.2, 0) is 4.79 Å². The second-order valence-electron chi connectivity index (χ2n) is 3.33. The van der Waals surface area contributed by atoms with Crippen molar-refractivity contribution in [2.75, 3.05) is 13.1 Å². The van der Waals surface area contributed by atoms with Gasteiger partial charge < -0.3 is 4.90 Å². The fraction of sp³-hybridized carbons (Fsp3) is 0.333. The van der Waals surface area contributed by atoms with E-state index < -0.39 is 12.1 Å². The van der Waals surface area contributed by atoms with Gasteiger partial charge in [0.25, 0.3) is 0 Å². The van der Waals surface area contributed by atoms with Gasteiger partial charge in [-0.25, -0.2) is 4.98 Å². The number of alkyl halides is 3. The lowest BCUT2D eigenvalue weighted by Crippen LogP contribution is -2.50. The molecule has 0 unspecified atom stereocenters. The number of carbonyl (C=O) groups is 1. The molecule has 0 bridgehead atoms. The number of hydrogen-bond donors (Lipinski definition) is 0. The van der Waals surface area contributed by atoms with Crippen molar-refractivity contribution in [2.24, 2.45) is 0 Å². The molecular formula is C9H7F3N2OS. The first-order valence-electron chi connectivity index (χ1n) is 4.42. The van der Waals surface area contributed by atoms with Crippen LogP contribution in [0.3, 0.4) is 0 Å². The van der Waals surface area contributed by atoms with Crippen molar-refractivity contribution in [1.29, 1.82) is 0 Å². The Morgan fingerprint density at radius 2 is 2.19 bits per heavy atom. The first-order chi connectivity index (χ1) is 7.47. The average molecular weight is 248 g/mol. The molecule has 1 aliphatic heterocycles. The molecule has 0 radical (unpaired) electrons. The third-order valence-corrected chi connectivity index (χ3v) is 2.82. The van der Waals surface area contributed by atoms with Gasteiger partial charge in [-0.1, -0.05) is 0 Å². The van der Waals surface area contributed by atoms with E-state index in [9.17, 15) is 18.0 Å². The van der Waals surface area contributed by atoms with E-state index in [1.54, 1.807) is 17.7 Å². The molecule has 0 atom stereocenters. The van der Waals surface area contributed by atoms with Crippen LogP contribution in [0.25, 0.3) is 6.08 Å². The Kier molecular flexibility index (Phi) is 2.71. The summed E-state index contributed by atoms with van der Waals surface area (Å²) in [6, 6.07) is 0. The van der Waals surface area contributed by atoms with Crippen LogP contribution in [0.15, 0.2) is 17.2 Å². The first kappa shape index (κ1) is 11.1. The van der Waals surface area contributed by atoms with Gasteiger partial charge >= 0.3 is 12.1 Å². The zero-order chi connectivity index (χ0) is 11.8. The number of thiazole rings is 1. The molecule has 1 saturated heterocycles. The van der Waals surface area contributed by atoms with Gasteiger partial charge in [-0.2, -0.15) is 13.2 Å². The molecule has 1 fully saturated rings. The summed E-state index contributed by atoms with van der Waals surface area (Å²) in [4.78, 5) is 15.5. The number of carbonyl (C=O) groups excluding carboxylic acids is 1. The zero-order valence-corrected chi connectivity index (χ0v) is 8.81. The monoisotopic (exact) mass is 248 g/mol. The maximum absolute atomic E-state index is 12.0. The third-order valence-electron chi connectivity index (χ3n) is 2.10. The van der Waals surface area contributed by atoms with Crippen LogP contribution in [0.2, 0.25) is 0 Å². The predicted molar refractivity (Wildman–Crippen MR) is 52.7 cm³/mol. The summed E-state index contributed by atoms with van der Waals surface area (Å²) >= 11 is 1.40. The third kappa shape index (κ3) is 2.24. The molecule has 0 N–H and O–H groups in total. The van der Waals surface area contributed by atoms with Gasteiger partial charge in [-0.15, -0.1) is 11.3 Å². The number of amides is 1. The van der Waals surface area contributed by atoms with Crippen LogP contribution in [0.1, 0.15) is 5.01 Å². The van der Waals surface area contributed by atoms with Crippen LogP contribution in [0, 0.1) is 0 Å². The van der Waals surface area contributed by atoms with Gasteiger partial charge in [-0.3, -0.25) is 4.79 Å². The van der Waals surface area contributed by atoms with Gasteiger partial charge in [0.05, 0.1) is 0 Å². The Labute approximate surface area is 93.2 Å². The van der Waals surface area contributed by atoms with Crippen molar-refractivity contribution in [3.05, 3.63) is 22.2 Å². The topological polar surface area (TPSA) is 33.2 Å². The Hall–Kier alpha value is -1.37. The summed E-state index contributed by atoms with van der Waals surface area (Å²) < 4.78 is 36.0. The molecule has 0 saturated carbocycles. The minimum absolute atomic E-state index is 0.0396. The fourth-order valence-corrected chi connectivity index (χ4v) is 1.96. The molecule has 0 spiro atoms. The molecule has 7 heteroatoms. The lowest BCUT2D eigenvalue weighted by molar-refractivity contribution is -0.186. The smallest absolute Gasteiger partial charge is 0.327 e. The van der Waals surface area contributed by atoms with Crippen molar-refractivity contribution in [2.45, 2.75) is 6.18 Å². The second-order valence-corrected chi connectivity index (χ2v) is 4.26. The Morgan fingerprint density at radius 1 is 1.50 bits per heavy atom. The van der Waals surface area contributed by atoms with Gasteiger partial charge in [0.1, 0.15) is 5.01 Å². The van der Waals surface area contributed by atoms with E-state index in [4.69, 9.17) is 0 Å². The number of likely N-dealkylation sites (tertiary alicyclic amines) is 1. The molecule has 86 valence electrons. The van der Waals surface area contributed by atoms with Gasteiger partial charge in [0.2, 0.25) is 0 Å². The van der Waals surface area contributed by atoms with Crippen molar-refractivity contribution in [3.8, 4) is 0 Å². The standard InChI is InChI=1S/C9H7F3N2OS/c10-9(11,12)8(15)14-4-6(5-14)3-7-13-1-2-16-7/h1-3H,4-5H2. The minimum atomic E-state index is -4.77. The van der Waals surface area contributed by atoms with Gasteiger partial charge in [0.15, 0.2) is 0 Å². The summed E-state index contributed by atoms with van der Waals surface area (Å²) in [5, 5.41) is 2.53. The van der Waals surface area contributed by atoms with Crippen molar-refractivity contribution in [3.63, 3.8) is 0 Å². The minimum Gasteiger partial charge on any atom is -0.327 e. The molecule has 3 nitrogen and oxygen atoms in total. The highest BCUT2D eigenvalue weighted by Crippen LogP contribution is 2.25. The Morgan fingerprint density at radius 3 is 2.69 bits per heavy atom. The SMILES string of the molecule is O=C(N1CC(=Cc2nccs2)C1)C(F)(F)F.